The highest BCUT2D eigenvalue weighted by atomic mass is 35.5. The van der Waals surface area contributed by atoms with E-state index in [0.717, 1.165) is 36.4 Å². The molecular weight excluding hydrogens is 368 g/mol. The highest BCUT2D eigenvalue weighted by Gasteiger charge is 2.37. The first-order valence-electron chi connectivity index (χ1n) is 8.69. The van der Waals surface area contributed by atoms with Crippen molar-refractivity contribution in [2.24, 2.45) is 5.92 Å². The normalized spacial score (nSPS) is 17.3. The molecule has 7 heteroatoms. The van der Waals surface area contributed by atoms with Crippen LogP contribution in [0.2, 0.25) is 5.02 Å². The summed E-state index contributed by atoms with van der Waals surface area (Å²) in [5.41, 5.74) is 2.92. The second-order valence-electron chi connectivity index (χ2n) is 6.84. The van der Waals surface area contributed by atoms with Crippen molar-refractivity contribution in [2.45, 2.75) is 13.0 Å². The molecule has 0 spiro atoms. The van der Waals surface area contributed by atoms with E-state index < -0.39 is 0 Å². The summed E-state index contributed by atoms with van der Waals surface area (Å²) in [5, 5.41) is 2.78. The summed E-state index contributed by atoms with van der Waals surface area (Å²) in [6.07, 6.45) is 2.74. The standard InChI is InChI=1S/C19H17ClN4OS/c20-14-1-2-15-16(7-14)21-8-18(22-15)24-10-13(11-24)19(25)23-5-3-17-12(9-23)4-6-26-17/h1-2,4,6-8,13H,3,5,9-11H2. The molecule has 26 heavy (non-hydrogen) atoms. The number of benzene rings is 1. The number of thiophene rings is 1. The highest BCUT2D eigenvalue weighted by Crippen LogP contribution is 2.29. The Bertz CT molecular complexity index is 998. The van der Waals surface area contributed by atoms with Gasteiger partial charge in [-0.3, -0.25) is 9.78 Å². The van der Waals surface area contributed by atoms with E-state index in [0.29, 0.717) is 18.1 Å². The molecule has 1 saturated heterocycles. The molecule has 5 nitrogen and oxygen atoms in total. The first kappa shape index (κ1) is 16.0. The third-order valence-electron chi connectivity index (χ3n) is 5.17. The van der Waals surface area contributed by atoms with Gasteiger partial charge in [0, 0.05) is 36.1 Å². The fourth-order valence-electron chi connectivity index (χ4n) is 3.64. The van der Waals surface area contributed by atoms with Crippen molar-refractivity contribution in [2.75, 3.05) is 24.5 Å². The molecule has 0 unspecified atom stereocenters. The van der Waals surface area contributed by atoms with Crippen LogP contribution in [0.3, 0.4) is 0 Å². The van der Waals surface area contributed by atoms with E-state index in [2.05, 4.69) is 26.3 Å². The predicted molar refractivity (Wildman–Crippen MR) is 104 cm³/mol. The number of anilines is 1. The van der Waals surface area contributed by atoms with E-state index in [1.165, 1.54) is 10.4 Å². The smallest absolute Gasteiger partial charge is 0.229 e. The minimum absolute atomic E-state index is 0.0536. The molecule has 1 fully saturated rings. The number of aromatic nitrogens is 2. The number of hydrogen-bond acceptors (Lipinski definition) is 5. The Balaban J connectivity index is 1.26. The number of fused-ring (bicyclic) bond motifs is 2. The van der Waals surface area contributed by atoms with E-state index in [1.807, 2.05) is 23.1 Å². The van der Waals surface area contributed by atoms with Gasteiger partial charge in [-0.25, -0.2) is 4.98 Å². The quantitative estimate of drug-likeness (QED) is 0.679. The summed E-state index contributed by atoms with van der Waals surface area (Å²) < 4.78 is 0. The van der Waals surface area contributed by atoms with Crippen LogP contribution in [0.25, 0.3) is 11.0 Å². The third kappa shape index (κ3) is 2.73. The molecule has 0 saturated carbocycles. The number of carbonyl (C=O) groups is 1. The zero-order valence-electron chi connectivity index (χ0n) is 14.1. The molecule has 1 amide bonds. The van der Waals surface area contributed by atoms with Crippen LogP contribution in [0.1, 0.15) is 10.4 Å². The molecular formula is C19H17ClN4OS. The van der Waals surface area contributed by atoms with Gasteiger partial charge in [-0.2, -0.15) is 0 Å². The molecule has 5 rings (SSSR count). The molecule has 3 aromatic rings. The Morgan fingerprint density at radius 1 is 1.23 bits per heavy atom. The summed E-state index contributed by atoms with van der Waals surface area (Å²) >= 11 is 7.79. The van der Waals surface area contributed by atoms with Crippen LogP contribution in [-0.4, -0.2) is 40.4 Å². The summed E-state index contributed by atoms with van der Waals surface area (Å²) in [6.45, 7) is 3.00. The number of hydrogen-bond donors (Lipinski definition) is 0. The fourth-order valence-corrected chi connectivity index (χ4v) is 4.70. The molecule has 1 aromatic carbocycles. The van der Waals surface area contributed by atoms with Gasteiger partial charge in [0.25, 0.3) is 0 Å². The van der Waals surface area contributed by atoms with Crippen molar-refractivity contribution in [1.29, 1.82) is 0 Å². The van der Waals surface area contributed by atoms with Gasteiger partial charge in [0.1, 0.15) is 5.82 Å². The average Bonchev–Trinajstić information content (AvgIpc) is 3.08. The van der Waals surface area contributed by atoms with Crippen LogP contribution in [0.4, 0.5) is 5.82 Å². The zero-order valence-corrected chi connectivity index (χ0v) is 15.6. The maximum atomic E-state index is 12.8. The minimum Gasteiger partial charge on any atom is -0.354 e. The van der Waals surface area contributed by atoms with Gasteiger partial charge in [-0.05, 0) is 41.6 Å². The van der Waals surface area contributed by atoms with Crippen LogP contribution in [-0.2, 0) is 17.8 Å². The summed E-state index contributed by atoms with van der Waals surface area (Å²) in [6, 6.07) is 7.65. The predicted octanol–water partition coefficient (Wildman–Crippen LogP) is 3.37. The lowest BCUT2D eigenvalue weighted by atomic mass is 9.97. The minimum atomic E-state index is 0.0536. The van der Waals surface area contributed by atoms with Crippen molar-refractivity contribution in [3.05, 3.63) is 51.3 Å². The van der Waals surface area contributed by atoms with Crippen LogP contribution in [0.15, 0.2) is 35.8 Å². The summed E-state index contributed by atoms with van der Waals surface area (Å²) in [5.74, 6) is 1.14. The van der Waals surface area contributed by atoms with Crippen molar-refractivity contribution in [1.82, 2.24) is 14.9 Å². The van der Waals surface area contributed by atoms with Gasteiger partial charge in [0.2, 0.25) is 5.91 Å². The summed E-state index contributed by atoms with van der Waals surface area (Å²) in [7, 11) is 0. The van der Waals surface area contributed by atoms with Crippen molar-refractivity contribution in [3.8, 4) is 0 Å². The molecule has 0 atom stereocenters. The lowest BCUT2D eigenvalue weighted by Gasteiger charge is -2.41. The van der Waals surface area contributed by atoms with Gasteiger partial charge in [0.15, 0.2) is 0 Å². The molecule has 0 N–H and O–H groups in total. The van der Waals surface area contributed by atoms with E-state index in [9.17, 15) is 4.79 Å². The van der Waals surface area contributed by atoms with Crippen molar-refractivity contribution in [3.63, 3.8) is 0 Å². The average molecular weight is 385 g/mol. The lowest BCUT2D eigenvalue weighted by Crippen LogP contribution is -2.55. The second-order valence-corrected chi connectivity index (χ2v) is 8.28. The van der Waals surface area contributed by atoms with Gasteiger partial charge in [-0.1, -0.05) is 11.6 Å². The zero-order chi connectivity index (χ0) is 17.7. The largest absolute Gasteiger partial charge is 0.354 e. The Morgan fingerprint density at radius 3 is 3.00 bits per heavy atom. The SMILES string of the molecule is O=C(C1CN(c2cnc3cc(Cl)ccc3n2)C1)N1CCc2sccc2C1. The molecule has 0 bridgehead atoms. The van der Waals surface area contributed by atoms with E-state index in [1.54, 1.807) is 17.5 Å². The van der Waals surface area contributed by atoms with E-state index >= 15 is 0 Å². The Morgan fingerprint density at radius 2 is 2.12 bits per heavy atom. The molecule has 0 radical (unpaired) electrons. The van der Waals surface area contributed by atoms with Crippen LogP contribution >= 0.6 is 22.9 Å². The Kier molecular flexibility index (Phi) is 3.83. The number of amides is 1. The first-order valence-corrected chi connectivity index (χ1v) is 9.94. The van der Waals surface area contributed by atoms with Gasteiger partial charge >= 0.3 is 0 Å². The second kappa shape index (κ2) is 6.21. The monoisotopic (exact) mass is 384 g/mol. The van der Waals surface area contributed by atoms with Gasteiger partial charge < -0.3 is 9.80 Å². The van der Waals surface area contributed by atoms with Crippen LogP contribution in [0.5, 0.6) is 0 Å². The molecule has 4 heterocycles. The first-order chi connectivity index (χ1) is 12.7. The molecule has 0 aliphatic carbocycles. The molecule has 2 aromatic heterocycles. The van der Waals surface area contributed by atoms with Crippen LogP contribution in [0, 0.1) is 5.92 Å². The maximum absolute atomic E-state index is 12.8. The van der Waals surface area contributed by atoms with E-state index in [-0.39, 0.29) is 11.8 Å². The lowest BCUT2D eigenvalue weighted by molar-refractivity contribution is -0.137. The van der Waals surface area contributed by atoms with Crippen molar-refractivity contribution >= 4 is 45.7 Å². The number of carbonyl (C=O) groups excluding carboxylic acids is 1. The Labute approximate surface area is 160 Å². The number of rotatable bonds is 2. The van der Waals surface area contributed by atoms with E-state index in [4.69, 9.17) is 11.6 Å². The highest BCUT2D eigenvalue weighted by molar-refractivity contribution is 7.10. The maximum Gasteiger partial charge on any atom is 0.229 e. The topological polar surface area (TPSA) is 49.3 Å². The van der Waals surface area contributed by atoms with Crippen LogP contribution < -0.4 is 4.90 Å². The molecule has 2 aliphatic heterocycles. The summed E-state index contributed by atoms with van der Waals surface area (Å²) in [4.78, 5) is 27.4. The van der Waals surface area contributed by atoms with Gasteiger partial charge in [-0.15, -0.1) is 11.3 Å². The Hall–Kier alpha value is -2.18. The van der Waals surface area contributed by atoms with Gasteiger partial charge in [0.05, 0.1) is 23.1 Å². The fraction of sp³-hybridized carbons (Fsp3) is 0.316. The number of nitrogens with zero attached hydrogens (tertiary/aromatic N) is 4. The third-order valence-corrected chi connectivity index (χ3v) is 6.42. The molecule has 132 valence electrons. The molecule has 2 aliphatic rings. The number of halogens is 1. The van der Waals surface area contributed by atoms with Crippen molar-refractivity contribution < 1.29 is 4.79 Å².